The fourth-order valence-corrected chi connectivity index (χ4v) is 1.73. The summed E-state index contributed by atoms with van der Waals surface area (Å²) in [4.78, 5) is 19.5. The molecule has 0 spiro atoms. The van der Waals surface area contributed by atoms with Gasteiger partial charge in [0.25, 0.3) is 0 Å². The standard InChI is InChI=1S/C13H11ClN2O2/c1-18-13(17)10-8-15-11(16-12(10)14)7-9-5-3-2-4-6-9/h2-6,8H,7H2,1H3. The Morgan fingerprint density at radius 3 is 2.67 bits per heavy atom. The first-order valence-corrected chi connectivity index (χ1v) is 5.72. The van der Waals surface area contributed by atoms with Gasteiger partial charge in [-0.2, -0.15) is 0 Å². The average Bonchev–Trinajstić information content (AvgIpc) is 2.39. The lowest BCUT2D eigenvalue weighted by Gasteiger charge is -2.04. The predicted molar refractivity (Wildman–Crippen MR) is 67.6 cm³/mol. The number of carbonyl (C=O) groups excluding carboxylic acids is 1. The minimum Gasteiger partial charge on any atom is -0.465 e. The lowest BCUT2D eigenvalue weighted by molar-refractivity contribution is 0.0600. The molecule has 1 aromatic heterocycles. The molecule has 1 aromatic carbocycles. The van der Waals surface area contributed by atoms with Crippen molar-refractivity contribution in [3.8, 4) is 0 Å². The molecular weight excluding hydrogens is 252 g/mol. The third-order valence-corrected chi connectivity index (χ3v) is 2.69. The highest BCUT2D eigenvalue weighted by molar-refractivity contribution is 6.32. The van der Waals surface area contributed by atoms with E-state index < -0.39 is 5.97 Å². The van der Waals surface area contributed by atoms with Gasteiger partial charge in [-0.1, -0.05) is 41.9 Å². The van der Waals surface area contributed by atoms with Crippen LogP contribution >= 0.6 is 11.6 Å². The second-order valence-electron chi connectivity index (χ2n) is 3.64. The maximum absolute atomic E-state index is 11.3. The summed E-state index contributed by atoms with van der Waals surface area (Å²) in [7, 11) is 1.29. The summed E-state index contributed by atoms with van der Waals surface area (Å²) in [5.74, 6) is 0.0325. The van der Waals surface area contributed by atoms with Gasteiger partial charge in [0, 0.05) is 12.6 Å². The Morgan fingerprint density at radius 2 is 2.06 bits per heavy atom. The monoisotopic (exact) mass is 262 g/mol. The van der Waals surface area contributed by atoms with Crippen molar-refractivity contribution in [2.24, 2.45) is 0 Å². The SMILES string of the molecule is COC(=O)c1cnc(Cc2ccccc2)nc1Cl. The maximum atomic E-state index is 11.3. The van der Waals surface area contributed by atoms with E-state index in [-0.39, 0.29) is 10.7 Å². The molecule has 4 nitrogen and oxygen atoms in total. The second kappa shape index (κ2) is 5.60. The Kier molecular flexibility index (Phi) is 3.89. The van der Waals surface area contributed by atoms with E-state index >= 15 is 0 Å². The highest BCUT2D eigenvalue weighted by atomic mass is 35.5. The van der Waals surface area contributed by atoms with Crippen molar-refractivity contribution in [1.82, 2.24) is 9.97 Å². The van der Waals surface area contributed by atoms with Crippen molar-refractivity contribution in [2.45, 2.75) is 6.42 Å². The Labute approximate surface area is 110 Å². The van der Waals surface area contributed by atoms with Gasteiger partial charge in [0.2, 0.25) is 0 Å². The molecule has 0 aliphatic carbocycles. The normalized spacial score (nSPS) is 10.1. The van der Waals surface area contributed by atoms with Gasteiger partial charge in [0.05, 0.1) is 7.11 Å². The van der Waals surface area contributed by atoms with Crippen LogP contribution in [0.1, 0.15) is 21.7 Å². The zero-order valence-corrected chi connectivity index (χ0v) is 10.5. The zero-order valence-electron chi connectivity index (χ0n) is 9.76. The number of benzene rings is 1. The van der Waals surface area contributed by atoms with Crippen molar-refractivity contribution in [1.29, 1.82) is 0 Å². The summed E-state index contributed by atoms with van der Waals surface area (Å²) in [5.41, 5.74) is 1.26. The third kappa shape index (κ3) is 2.84. The molecule has 0 amide bonds. The molecule has 0 saturated heterocycles. The number of carbonyl (C=O) groups is 1. The molecule has 92 valence electrons. The van der Waals surface area contributed by atoms with Crippen LogP contribution in [-0.4, -0.2) is 23.0 Å². The molecular formula is C13H11ClN2O2. The van der Waals surface area contributed by atoms with Crippen LogP contribution in [0.2, 0.25) is 5.15 Å². The van der Waals surface area contributed by atoms with E-state index in [4.69, 9.17) is 11.6 Å². The summed E-state index contributed by atoms with van der Waals surface area (Å²) in [5, 5.41) is 0.114. The van der Waals surface area contributed by atoms with Gasteiger partial charge in [-0.15, -0.1) is 0 Å². The van der Waals surface area contributed by atoms with Crippen LogP contribution in [0.15, 0.2) is 36.5 Å². The van der Waals surface area contributed by atoms with E-state index in [0.717, 1.165) is 5.56 Å². The highest BCUT2D eigenvalue weighted by Crippen LogP contribution is 2.14. The first-order valence-electron chi connectivity index (χ1n) is 5.34. The smallest absolute Gasteiger partial charge is 0.342 e. The fourth-order valence-electron chi connectivity index (χ4n) is 1.51. The number of nitrogens with zero attached hydrogens (tertiary/aromatic N) is 2. The molecule has 0 fully saturated rings. The number of halogens is 1. The van der Waals surface area contributed by atoms with Crippen molar-refractivity contribution in [3.63, 3.8) is 0 Å². The number of methoxy groups -OCH3 is 1. The molecule has 18 heavy (non-hydrogen) atoms. The molecule has 0 bridgehead atoms. The molecule has 0 radical (unpaired) electrons. The summed E-state index contributed by atoms with van der Waals surface area (Å²) in [6.45, 7) is 0. The molecule has 0 aliphatic heterocycles. The number of rotatable bonds is 3. The molecule has 1 heterocycles. The Morgan fingerprint density at radius 1 is 1.33 bits per heavy atom. The Hall–Kier alpha value is -1.94. The van der Waals surface area contributed by atoms with Crippen LogP contribution < -0.4 is 0 Å². The summed E-state index contributed by atoms with van der Waals surface area (Å²) in [6, 6.07) is 9.79. The van der Waals surface area contributed by atoms with Gasteiger partial charge in [-0.3, -0.25) is 0 Å². The quantitative estimate of drug-likeness (QED) is 0.630. The van der Waals surface area contributed by atoms with Gasteiger partial charge in [0.1, 0.15) is 16.5 Å². The first-order chi connectivity index (χ1) is 8.70. The van der Waals surface area contributed by atoms with Crippen LogP contribution in [0.5, 0.6) is 0 Å². The average molecular weight is 263 g/mol. The van der Waals surface area contributed by atoms with Crippen LogP contribution in [0, 0.1) is 0 Å². The van der Waals surface area contributed by atoms with E-state index in [1.807, 2.05) is 30.3 Å². The topological polar surface area (TPSA) is 52.1 Å². The van der Waals surface area contributed by atoms with Crippen molar-refractivity contribution >= 4 is 17.6 Å². The molecule has 0 N–H and O–H groups in total. The Balaban J connectivity index is 2.22. The lowest BCUT2D eigenvalue weighted by Crippen LogP contribution is -2.06. The van der Waals surface area contributed by atoms with Crippen LogP contribution in [0.25, 0.3) is 0 Å². The van der Waals surface area contributed by atoms with E-state index in [0.29, 0.717) is 12.2 Å². The minimum atomic E-state index is -0.536. The van der Waals surface area contributed by atoms with E-state index in [1.165, 1.54) is 13.3 Å². The third-order valence-electron chi connectivity index (χ3n) is 2.40. The van der Waals surface area contributed by atoms with Crippen LogP contribution in [-0.2, 0) is 11.2 Å². The van der Waals surface area contributed by atoms with E-state index in [2.05, 4.69) is 14.7 Å². The molecule has 0 atom stereocenters. The first kappa shape index (κ1) is 12.5. The van der Waals surface area contributed by atoms with Gasteiger partial charge < -0.3 is 4.74 Å². The lowest BCUT2D eigenvalue weighted by atomic mass is 10.1. The van der Waals surface area contributed by atoms with Crippen LogP contribution in [0.4, 0.5) is 0 Å². The van der Waals surface area contributed by atoms with Crippen molar-refractivity contribution < 1.29 is 9.53 Å². The second-order valence-corrected chi connectivity index (χ2v) is 4.00. The van der Waals surface area contributed by atoms with Gasteiger partial charge in [-0.25, -0.2) is 14.8 Å². The summed E-state index contributed by atoms with van der Waals surface area (Å²) >= 11 is 5.92. The molecule has 0 saturated carbocycles. The van der Waals surface area contributed by atoms with Gasteiger partial charge in [0.15, 0.2) is 0 Å². The molecule has 2 rings (SSSR count). The van der Waals surface area contributed by atoms with E-state index in [1.54, 1.807) is 0 Å². The summed E-state index contributed by atoms with van der Waals surface area (Å²) < 4.78 is 4.57. The number of esters is 1. The number of aromatic nitrogens is 2. The molecule has 0 unspecified atom stereocenters. The predicted octanol–water partition coefficient (Wildman–Crippen LogP) is 2.51. The number of hydrogen-bond donors (Lipinski definition) is 0. The highest BCUT2D eigenvalue weighted by Gasteiger charge is 2.13. The largest absolute Gasteiger partial charge is 0.465 e. The van der Waals surface area contributed by atoms with Gasteiger partial charge in [-0.05, 0) is 5.56 Å². The minimum absolute atomic E-state index is 0.114. The fraction of sp³-hybridized carbons (Fsp3) is 0.154. The molecule has 2 aromatic rings. The van der Waals surface area contributed by atoms with Crippen LogP contribution in [0.3, 0.4) is 0 Å². The number of hydrogen-bond acceptors (Lipinski definition) is 4. The number of ether oxygens (including phenoxy) is 1. The van der Waals surface area contributed by atoms with Crippen molar-refractivity contribution in [3.05, 3.63) is 58.6 Å². The zero-order chi connectivity index (χ0) is 13.0. The summed E-state index contributed by atoms with van der Waals surface area (Å²) in [6.07, 6.45) is 1.96. The maximum Gasteiger partial charge on any atom is 0.342 e. The Bertz CT molecular complexity index is 558. The molecule has 5 heteroatoms. The van der Waals surface area contributed by atoms with Gasteiger partial charge >= 0.3 is 5.97 Å². The van der Waals surface area contributed by atoms with Crippen molar-refractivity contribution in [2.75, 3.05) is 7.11 Å². The van der Waals surface area contributed by atoms with E-state index in [9.17, 15) is 4.79 Å². The molecule has 0 aliphatic rings.